The molecule has 0 bridgehead atoms. The Hall–Kier alpha value is -1.40. The van der Waals surface area contributed by atoms with Crippen LogP contribution in [0.1, 0.15) is 30.6 Å². The van der Waals surface area contributed by atoms with Crippen molar-refractivity contribution in [2.75, 3.05) is 33.3 Å². The summed E-state index contributed by atoms with van der Waals surface area (Å²) in [6.07, 6.45) is 6.00. The largest absolute Gasteiger partial charge is 0.468 e. The smallest absolute Gasteiger partial charge is 0.329 e. The number of piperazine rings is 1. The molecule has 0 radical (unpaired) electrons. The van der Waals surface area contributed by atoms with Gasteiger partial charge in [-0.2, -0.15) is 0 Å². The van der Waals surface area contributed by atoms with Crippen LogP contribution in [0.5, 0.6) is 0 Å². The van der Waals surface area contributed by atoms with E-state index in [1.165, 1.54) is 20.0 Å². The Kier molecular flexibility index (Phi) is 3.52. The van der Waals surface area contributed by atoms with Crippen molar-refractivity contribution < 1.29 is 9.53 Å². The van der Waals surface area contributed by atoms with E-state index in [0.29, 0.717) is 6.04 Å². The SMILES string of the molecule is COC(=O)C(c1cncn1C1CC1)N1CCNCC1. The van der Waals surface area contributed by atoms with Gasteiger partial charge in [0, 0.05) is 32.2 Å². The minimum atomic E-state index is -0.324. The van der Waals surface area contributed by atoms with E-state index in [-0.39, 0.29) is 12.0 Å². The number of hydrogen-bond donors (Lipinski definition) is 1. The summed E-state index contributed by atoms with van der Waals surface area (Å²) in [5.74, 6) is -0.190. The molecule has 1 atom stereocenters. The Morgan fingerprint density at radius 2 is 2.21 bits per heavy atom. The molecule has 1 unspecified atom stereocenters. The quantitative estimate of drug-likeness (QED) is 0.795. The van der Waals surface area contributed by atoms with E-state index < -0.39 is 0 Å². The Balaban J connectivity index is 1.88. The lowest BCUT2D eigenvalue weighted by molar-refractivity contribution is -0.147. The van der Waals surface area contributed by atoms with Gasteiger partial charge in [-0.25, -0.2) is 9.78 Å². The fourth-order valence-corrected chi connectivity index (χ4v) is 2.69. The minimum Gasteiger partial charge on any atom is -0.468 e. The van der Waals surface area contributed by atoms with Crippen LogP contribution in [0.3, 0.4) is 0 Å². The number of carbonyl (C=O) groups excluding carboxylic acids is 1. The number of nitrogens with zero attached hydrogens (tertiary/aromatic N) is 3. The highest BCUT2D eigenvalue weighted by Crippen LogP contribution is 2.38. The number of imidazole rings is 1. The number of aromatic nitrogens is 2. The molecule has 0 amide bonds. The van der Waals surface area contributed by atoms with Gasteiger partial charge < -0.3 is 14.6 Å². The van der Waals surface area contributed by atoms with Crippen LogP contribution in [-0.2, 0) is 9.53 Å². The molecular weight excluding hydrogens is 244 g/mol. The second kappa shape index (κ2) is 5.30. The van der Waals surface area contributed by atoms with Gasteiger partial charge in [-0.3, -0.25) is 4.90 Å². The molecule has 1 N–H and O–H groups in total. The fourth-order valence-electron chi connectivity index (χ4n) is 2.69. The molecule has 1 aliphatic carbocycles. The first-order chi connectivity index (χ1) is 9.31. The van der Waals surface area contributed by atoms with Crippen LogP contribution in [0.4, 0.5) is 0 Å². The molecule has 1 aromatic heterocycles. The van der Waals surface area contributed by atoms with E-state index in [9.17, 15) is 4.79 Å². The first kappa shape index (κ1) is 12.6. The standard InChI is InChI=1S/C13H20N4O2/c1-19-13(18)12(16-6-4-14-5-7-16)11-8-15-9-17(11)10-2-3-10/h8-10,12,14H,2-7H2,1H3. The normalized spacial score (nSPS) is 22.2. The Labute approximate surface area is 112 Å². The highest BCUT2D eigenvalue weighted by Gasteiger charge is 2.35. The second-order valence-electron chi connectivity index (χ2n) is 5.17. The van der Waals surface area contributed by atoms with Crippen LogP contribution in [0, 0.1) is 0 Å². The van der Waals surface area contributed by atoms with Crippen LogP contribution >= 0.6 is 0 Å². The maximum atomic E-state index is 12.2. The van der Waals surface area contributed by atoms with Crippen LogP contribution in [0.25, 0.3) is 0 Å². The molecule has 1 aliphatic heterocycles. The first-order valence-corrected chi connectivity index (χ1v) is 6.85. The second-order valence-corrected chi connectivity index (χ2v) is 5.17. The minimum absolute atomic E-state index is 0.190. The van der Waals surface area contributed by atoms with Crippen molar-refractivity contribution in [3.05, 3.63) is 18.2 Å². The average Bonchev–Trinajstić information content (AvgIpc) is 3.19. The summed E-state index contributed by atoms with van der Waals surface area (Å²) in [4.78, 5) is 18.6. The summed E-state index contributed by atoms with van der Waals surface area (Å²) in [5, 5.41) is 3.31. The predicted octanol–water partition coefficient (Wildman–Crippen LogP) is 0.337. The number of methoxy groups -OCH3 is 1. The van der Waals surface area contributed by atoms with Crippen LogP contribution in [0.15, 0.2) is 12.5 Å². The summed E-state index contributed by atoms with van der Waals surface area (Å²) >= 11 is 0. The third kappa shape index (κ3) is 2.50. The molecule has 3 rings (SSSR count). The molecule has 19 heavy (non-hydrogen) atoms. The molecular formula is C13H20N4O2. The summed E-state index contributed by atoms with van der Waals surface area (Å²) in [7, 11) is 1.45. The lowest BCUT2D eigenvalue weighted by Crippen LogP contribution is -2.47. The monoisotopic (exact) mass is 264 g/mol. The highest BCUT2D eigenvalue weighted by molar-refractivity contribution is 5.77. The van der Waals surface area contributed by atoms with E-state index >= 15 is 0 Å². The predicted molar refractivity (Wildman–Crippen MR) is 69.7 cm³/mol. The number of nitrogens with one attached hydrogen (secondary N) is 1. The van der Waals surface area contributed by atoms with E-state index in [0.717, 1.165) is 31.9 Å². The number of ether oxygens (including phenoxy) is 1. The average molecular weight is 264 g/mol. The third-order valence-electron chi connectivity index (χ3n) is 3.86. The van der Waals surface area contributed by atoms with Gasteiger partial charge in [0.05, 0.1) is 25.3 Å². The Morgan fingerprint density at radius 3 is 2.84 bits per heavy atom. The number of hydrogen-bond acceptors (Lipinski definition) is 5. The van der Waals surface area contributed by atoms with E-state index in [1.54, 1.807) is 0 Å². The lowest BCUT2D eigenvalue weighted by Gasteiger charge is -2.33. The van der Waals surface area contributed by atoms with E-state index in [2.05, 4.69) is 19.8 Å². The van der Waals surface area contributed by atoms with Gasteiger partial charge in [-0.05, 0) is 12.8 Å². The van der Waals surface area contributed by atoms with Gasteiger partial charge in [0.15, 0.2) is 6.04 Å². The molecule has 1 aromatic rings. The molecule has 6 nitrogen and oxygen atoms in total. The van der Waals surface area contributed by atoms with Crippen molar-refractivity contribution in [2.45, 2.75) is 24.9 Å². The van der Waals surface area contributed by atoms with Gasteiger partial charge in [-0.1, -0.05) is 0 Å². The number of esters is 1. The first-order valence-electron chi connectivity index (χ1n) is 6.85. The van der Waals surface area contributed by atoms with Crippen molar-refractivity contribution in [3.63, 3.8) is 0 Å². The van der Waals surface area contributed by atoms with Gasteiger partial charge in [-0.15, -0.1) is 0 Å². The summed E-state index contributed by atoms with van der Waals surface area (Å²) < 4.78 is 7.14. The Morgan fingerprint density at radius 1 is 1.47 bits per heavy atom. The van der Waals surface area contributed by atoms with Gasteiger partial charge in [0.2, 0.25) is 0 Å². The molecule has 104 valence electrons. The molecule has 1 saturated carbocycles. The maximum absolute atomic E-state index is 12.2. The van der Waals surface area contributed by atoms with Crippen molar-refractivity contribution in [2.24, 2.45) is 0 Å². The van der Waals surface area contributed by atoms with Crippen molar-refractivity contribution in [1.82, 2.24) is 19.8 Å². The zero-order chi connectivity index (χ0) is 13.2. The molecule has 2 heterocycles. The molecule has 6 heteroatoms. The van der Waals surface area contributed by atoms with Gasteiger partial charge in [0.1, 0.15) is 0 Å². The summed E-state index contributed by atoms with van der Waals surface area (Å²) in [6.45, 7) is 3.53. The summed E-state index contributed by atoms with van der Waals surface area (Å²) in [6, 6.07) is 0.197. The van der Waals surface area contributed by atoms with Gasteiger partial charge in [0.25, 0.3) is 0 Å². The molecule has 2 fully saturated rings. The highest BCUT2D eigenvalue weighted by atomic mass is 16.5. The van der Waals surface area contributed by atoms with Crippen molar-refractivity contribution in [1.29, 1.82) is 0 Å². The maximum Gasteiger partial charge on any atom is 0.329 e. The third-order valence-corrected chi connectivity index (χ3v) is 3.86. The number of rotatable bonds is 4. The fraction of sp³-hybridized carbons (Fsp3) is 0.692. The zero-order valence-corrected chi connectivity index (χ0v) is 11.2. The van der Waals surface area contributed by atoms with E-state index in [1.807, 2.05) is 12.5 Å². The molecule has 0 aromatic carbocycles. The van der Waals surface area contributed by atoms with Crippen LogP contribution in [0.2, 0.25) is 0 Å². The molecule has 1 saturated heterocycles. The van der Waals surface area contributed by atoms with Crippen LogP contribution < -0.4 is 5.32 Å². The van der Waals surface area contributed by atoms with Gasteiger partial charge >= 0.3 is 5.97 Å². The molecule has 2 aliphatic rings. The zero-order valence-electron chi connectivity index (χ0n) is 11.2. The number of carbonyl (C=O) groups is 1. The van der Waals surface area contributed by atoms with Crippen molar-refractivity contribution in [3.8, 4) is 0 Å². The Bertz CT molecular complexity index is 449. The topological polar surface area (TPSA) is 59.4 Å². The van der Waals surface area contributed by atoms with Crippen molar-refractivity contribution >= 4 is 5.97 Å². The van der Waals surface area contributed by atoms with Crippen LogP contribution in [-0.4, -0.2) is 53.7 Å². The summed E-state index contributed by atoms with van der Waals surface area (Å²) in [5.41, 5.74) is 0.969. The van der Waals surface area contributed by atoms with E-state index in [4.69, 9.17) is 4.74 Å². The molecule has 0 spiro atoms. The lowest BCUT2D eigenvalue weighted by atomic mass is 10.1.